The molecule has 2 aliphatic rings. The van der Waals surface area contributed by atoms with Crippen LogP contribution in [0.5, 0.6) is 0 Å². The maximum absolute atomic E-state index is 8.77. The average molecular weight is 202 g/mol. The molecular weight excluding hydrogens is 184 g/mol. The minimum atomic E-state index is -0.425. The second-order valence-electron chi connectivity index (χ2n) is 4.42. The maximum atomic E-state index is 8.77. The van der Waals surface area contributed by atoms with Crippen LogP contribution in [0.1, 0.15) is 26.7 Å². The molecule has 0 amide bonds. The fourth-order valence-electron chi connectivity index (χ4n) is 1.85. The van der Waals surface area contributed by atoms with Crippen LogP contribution < -0.4 is 0 Å². The summed E-state index contributed by atoms with van der Waals surface area (Å²) >= 11 is 0. The van der Waals surface area contributed by atoms with Gasteiger partial charge in [0.25, 0.3) is 0 Å². The lowest BCUT2D eigenvalue weighted by Gasteiger charge is -2.16. The van der Waals surface area contributed by atoms with E-state index >= 15 is 0 Å². The smallest absolute Gasteiger partial charge is 0.163 e. The second-order valence-corrected chi connectivity index (χ2v) is 4.42. The molecule has 0 spiro atoms. The first-order valence-corrected chi connectivity index (χ1v) is 5.19. The van der Waals surface area contributed by atoms with Crippen LogP contribution in [0.15, 0.2) is 0 Å². The third-order valence-corrected chi connectivity index (χ3v) is 2.71. The molecule has 2 fully saturated rings. The van der Waals surface area contributed by atoms with Gasteiger partial charge in [-0.05, 0) is 26.7 Å². The van der Waals surface area contributed by atoms with Gasteiger partial charge in [0.2, 0.25) is 0 Å². The Balaban J connectivity index is 1.63. The molecule has 14 heavy (non-hydrogen) atoms. The van der Waals surface area contributed by atoms with Crippen LogP contribution in [0.2, 0.25) is 0 Å². The summed E-state index contributed by atoms with van der Waals surface area (Å²) in [4.78, 5) is 0. The highest BCUT2D eigenvalue weighted by Gasteiger charge is 2.39. The molecule has 2 saturated heterocycles. The molecule has 0 radical (unpaired) electrons. The molecule has 0 aliphatic carbocycles. The molecule has 1 N–H and O–H groups in total. The molecule has 2 aliphatic heterocycles. The predicted octanol–water partition coefficient (Wildman–Crippen LogP) is 0.678. The molecule has 4 nitrogen and oxygen atoms in total. The summed E-state index contributed by atoms with van der Waals surface area (Å²) in [6, 6.07) is 0. The Morgan fingerprint density at radius 3 is 2.57 bits per heavy atom. The van der Waals surface area contributed by atoms with E-state index in [0.29, 0.717) is 6.61 Å². The second kappa shape index (κ2) is 3.77. The van der Waals surface area contributed by atoms with E-state index in [2.05, 4.69) is 0 Å². The number of rotatable bonds is 4. The Bertz CT molecular complexity index is 204. The van der Waals surface area contributed by atoms with Crippen molar-refractivity contribution >= 4 is 0 Å². The van der Waals surface area contributed by atoms with Crippen LogP contribution in [0, 0.1) is 0 Å². The molecule has 0 unspecified atom stereocenters. The van der Waals surface area contributed by atoms with Crippen molar-refractivity contribution in [3.63, 3.8) is 0 Å². The van der Waals surface area contributed by atoms with Gasteiger partial charge in [0.1, 0.15) is 6.10 Å². The van der Waals surface area contributed by atoms with Gasteiger partial charge < -0.3 is 19.3 Å². The zero-order valence-electron chi connectivity index (χ0n) is 8.73. The van der Waals surface area contributed by atoms with E-state index < -0.39 is 5.79 Å². The van der Waals surface area contributed by atoms with E-state index in [4.69, 9.17) is 19.3 Å². The standard InChI is InChI=1S/C10H18O4/c1-10(2)12-6-7(14-10)3-4-8-9(5-11)13-8/h7-9,11H,3-6H2,1-2H3/t7-,8-,9-/m1/s1. The van der Waals surface area contributed by atoms with Gasteiger partial charge in [0.05, 0.1) is 25.4 Å². The largest absolute Gasteiger partial charge is 0.394 e. The summed E-state index contributed by atoms with van der Waals surface area (Å²) in [6.45, 7) is 4.66. The van der Waals surface area contributed by atoms with Gasteiger partial charge in [0, 0.05) is 0 Å². The fourth-order valence-corrected chi connectivity index (χ4v) is 1.85. The van der Waals surface area contributed by atoms with E-state index in [0.717, 1.165) is 12.8 Å². The Morgan fingerprint density at radius 1 is 1.29 bits per heavy atom. The van der Waals surface area contributed by atoms with Crippen LogP contribution in [-0.2, 0) is 14.2 Å². The van der Waals surface area contributed by atoms with Crippen molar-refractivity contribution in [3.8, 4) is 0 Å². The molecule has 0 aromatic heterocycles. The van der Waals surface area contributed by atoms with Crippen LogP contribution in [-0.4, -0.2) is 42.4 Å². The first-order valence-electron chi connectivity index (χ1n) is 5.19. The van der Waals surface area contributed by atoms with Crippen LogP contribution in [0.25, 0.3) is 0 Å². The Labute approximate surface area is 84.1 Å². The Kier molecular flexibility index (Phi) is 2.79. The molecule has 4 heteroatoms. The monoisotopic (exact) mass is 202 g/mol. The number of hydrogen-bond donors (Lipinski definition) is 1. The molecule has 82 valence electrons. The molecule has 2 heterocycles. The third-order valence-electron chi connectivity index (χ3n) is 2.71. The average Bonchev–Trinajstić information content (AvgIpc) is 2.81. The van der Waals surface area contributed by atoms with Gasteiger partial charge in [-0.1, -0.05) is 0 Å². The Morgan fingerprint density at radius 2 is 2.07 bits per heavy atom. The zero-order valence-corrected chi connectivity index (χ0v) is 8.73. The highest BCUT2D eigenvalue weighted by atomic mass is 16.7. The van der Waals surface area contributed by atoms with Crippen molar-refractivity contribution in [2.75, 3.05) is 13.2 Å². The van der Waals surface area contributed by atoms with Crippen LogP contribution in [0.4, 0.5) is 0 Å². The topological polar surface area (TPSA) is 51.2 Å². The molecule has 0 aromatic rings. The summed E-state index contributed by atoms with van der Waals surface area (Å²) in [5, 5.41) is 8.77. The highest BCUT2D eigenvalue weighted by Crippen LogP contribution is 2.30. The van der Waals surface area contributed by atoms with Crippen molar-refractivity contribution in [1.82, 2.24) is 0 Å². The maximum Gasteiger partial charge on any atom is 0.163 e. The summed E-state index contributed by atoms with van der Waals surface area (Å²) in [6.07, 6.45) is 2.41. The van der Waals surface area contributed by atoms with Crippen LogP contribution >= 0.6 is 0 Å². The van der Waals surface area contributed by atoms with Gasteiger partial charge in [-0.25, -0.2) is 0 Å². The van der Waals surface area contributed by atoms with Crippen LogP contribution in [0.3, 0.4) is 0 Å². The summed E-state index contributed by atoms with van der Waals surface area (Å²) < 4.78 is 16.3. The molecule has 0 bridgehead atoms. The number of ether oxygens (including phenoxy) is 3. The summed E-state index contributed by atoms with van der Waals surface area (Å²) in [7, 11) is 0. The predicted molar refractivity (Wildman–Crippen MR) is 49.9 cm³/mol. The quantitative estimate of drug-likeness (QED) is 0.681. The number of aliphatic hydroxyl groups is 1. The Hall–Kier alpha value is -0.160. The van der Waals surface area contributed by atoms with Crippen molar-refractivity contribution in [2.45, 2.75) is 50.8 Å². The lowest BCUT2D eigenvalue weighted by molar-refractivity contribution is -0.139. The summed E-state index contributed by atoms with van der Waals surface area (Å²) in [5.74, 6) is -0.425. The number of aliphatic hydroxyl groups excluding tert-OH is 1. The minimum absolute atomic E-state index is 0.0744. The van der Waals surface area contributed by atoms with Gasteiger partial charge in [0.15, 0.2) is 5.79 Å². The summed E-state index contributed by atoms with van der Waals surface area (Å²) in [5.41, 5.74) is 0. The molecule has 0 saturated carbocycles. The van der Waals surface area contributed by atoms with Gasteiger partial charge in [-0.3, -0.25) is 0 Å². The third kappa shape index (κ3) is 2.45. The first-order chi connectivity index (χ1) is 6.61. The SMILES string of the molecule is CC1(C)OC[C@@H](CC[C@H]2O[C@@H]2CO)O1. The van der Waals surface area contributed by atoms with Crippen molar-refractivity contribution in [2.24, 2.45) is 0 Å². The highest BCUT2D eigenvalue weighted by molar-refractivity contribution is 4.85. The molecular formula is C10H18O4. The molecule has 3 atom stereocenters. The van der Waals surface area contributed by atoms with Gasteiger partial charge in [-0.15, -0.1) is 0 Å². The van der Waals surface area contributed by atoms with Crippen molar-refractivity contribution in [3.05, 3.63) is 0 Å². The van der Waals surface area contributed by atoms with Crippen molar-refractivity contribution < 1.29 is 19.3 Å². The van der Waals surface area contributed by atoms with Gasteiger partial charge >= 0.3 is 0 Å². The fraction of sp³-hybridized carbons (Fsp3) is 1.00. The molecule has 0 aromatic carbocycles. The lowest BCUT2D eigenvalue weighted by atomic mass is 10.1. The van der Waals surface area contributed by atoms with E-state index in [-0.39, 0.29) is 24.9 Å². The zero-order chi connectivity index (χ0) is 10.2. The van der Waals surface area contributed by atoms with E-state index in [1.54, 1.807) is 0 Å². The first kappa shape index (κ1) is 10.4. The van der Waals surface area contributed by atoms with Crippen molar-refractivity contribution in [1.29, 1.82) is 0 Å². The van der Waals surface area contributed by atoms with E-state index in [1.807, 2.05) is 13.8 Å². The molecule has 2 rings (SSSR count). The minimum Gasteiger partial charge on any atom is -0.394 e. The van der Waals surface area contributed by atoms with E-state index in [9.17, 15) is 0 Å². The van der Waals surface area contributed by atoms with Gasteiger partial charge in [-0.2, -0.15) is 0 Å². The number of epoxide rings is 1. The lowest BCUT2D eigenvalue weighted by Crippen LogP contribution is -2.21. The number of hydrogen-bond acceptors (Lipinski definition) is 4. The normalized spacial score (nSPS) is 40.1. The van der Waals surface area contributed by atoms with E-state index in [1.165, 1.54) is 0 Å².